The number of nitrogens with one attached hydrogen (secondary N) is 3. The Labute approximate surface area is 199 Å². The van der Waals surface area contributed by atoms with Crippen LogP contribution >= 0.6 is 11.8 Å². The molecule has 0 aromatic heterocycles. The van der Waals surface area contributed by atoms with Crippen molar-refractivity contribution in [2.24, 2.45) is 5.92 Å². The van der Waals surface area contributed by atoms with Crippen molar-refractivity contribution in [3.63, 3.8) is 0 Å². The Morgan fingerprint density at radius 2 is 1.76 bits per heavy atom. The number of anilines is 1. The molecule has 0 radical (unpaired) electrons. The lowest BCUT2D eigenvalue weighted by molar-refractivity contribution is -0.118. The highest BCUT2D eigenvalue weighted by Gasteiger charge is 2.16. The van der Waals surface area contributed by atoms with Crippen molar-refractivity contribution in [3.8, 4) is 12.3 Å². The van der Waals surface area contributed by atoms with E-state index in [9.17, 15) is 14.4 Å². The fraction of sp³-hybridized carbons (Fsp3) is 0.346. The molecule has 1 fully saturated rings. The molecular weight excluding hydrogens is 434 g/mol. The summed E-state index contributed by atoms with van der Waals surface area (Å²) in [7, 11) is 0. The minimum absolute atomic E-state index is 0.0330. The van der Waals surface area contributed by atoms with Gasteiger partial charge in [0.1, 0.15) is 0 Å². The average Bonchev–Trinajstić information content (AvgIpc) is 2.85. The number of carbonyl (C=O) groups excluding carboxylic acids is 3. The second-order valence-corrected chi connectivity index (χ2v) is 9.07. The molecule has 6 nitrogen and oxygen atoms in total. The van der Waals surface area contributed by atoms with Crippen LogP contribution in [0.3, 0.4) is 0 Å². The van der Waals surface area contributed by atoms with Gasteiger partial charge in [-0.3, -0.25) is 14.4 Å². The van der Waals surface area contributed by atoms with Gasteiger partial charge in [0.05, 0.1) is 17.9 Å². The van der Waals surface area contributed by atoms with Crippen LogP contribution in [-0.2, 0) is 9.59 Å². The second kappa shape index (κ2) is 12.7. The van der Waals surface area contributed by atoms with Crippen LogP contribution in [0.15, 0.2) is 53.4 Å². The van der Waals surface area contributed by atoms with Crippen molar-refractivity contribution >= 4 is 35.2 Å². The lowest BCUT2D eigenvalue weighted by Gasteiger charge is -2.21. The van der Waals surface area contributed by atoms with Crippen LogP contribution in [0.25, 0.3) is 0 Å². The molecule has 2 aromatic carbocycles. The zero-order valence-electron chi connectivity index (χ0n) is 18.6. The van der Waals surface area contributed by atoms with Crippen LogP contribution in [0, 0.1) is 18.3 Å². The highest BCUT2D eigenvalue weighted by Crippen LogP contribution is 2.24. The van der Waals surface area contributed by atoms with Crippen LogP contribution in [0.5, 0.6) is 0 Å². The van der Waals surface area contributed by atoms with Crippen LogP contribution < -0.4 is 16.0 Å². The summed E-state index contributed by atoms with van der Waals surface area (Å²) in [5.74, 6) is 2.57. The Morgan fingerprint density at radius 3 is 2.55 bits per heavy atom. The van der Waals surface area contributed by atoms with Crippen molar-refractivity contribution in [1.82, 2.24) is 10.6 Å². The molecule has 0 unspecified atom stereocenters. The van der Waals surface area contributed by atoms with E-state index >= 15 is 0 Å². The second-order valence-electron chi connectivity index (χ2n) is 8.05. The number of amides is 3. The number of thioether (sulfide) groups is 1. The third-order valence-corrected chi connectivity index (χ3v) is 6.60. The predicted octanol–water partition coefficient (Wildman–Crippen LogP) is 3.83. The fourth-order valence-corrected chi connectivity index (χ4v) is 4.65. The fourth-order valence-electron chi connectivity index (χ4n) is 3.77. The van der Waals surface area contributed by atoms with E-state index in [1.165, 1.54) is 43.9 Å². The van der Waals surface area contributed by atoms with Crippen molar-refractivity contribution in [2.45, 2.75) is 37.0 Å². The smallest absolute Gasteiger partial charge is 0.252 e. The third-order valence-electron chi connectivity index (χ3n) is 5.53. The molecule has 2 aromatic rings. The number of benzene rings is 2. The SMILES string of the molecule is C#Cc1cccc(NC(=O)CNC(=O)c2ccccc2SCC(=O)NCC2CCCCC2)c1. The Morgan fingerprint density at radius 1 is 0.970 bits per heavy atom. The van der Waals surface area contributed by atoms with Crippen LogP contribution in [0.1, 0.15) is 48.0 Å². The average molecular weight is 464 g/mol. The normalized spacial score (nSPS) is 13.5. The van der Waals surface area contributed by atoms with E-state index in [4.69, 9.17) is 6.42 Å². The van der Waals surface area contributed by atoms with E-state index in [1.807, 2.05) is 6.07 Å². The predicted molar refractivity (Wildman–Crippen MR) is 132 cm³/mol. The van der Waals surface area contributed by atoms with Gasteiger partial charge < -0.3 is 16.0 Å². The lowest BCUT2D eigenvalue weighted by atomic mass is 9.89. The van der Waals surface area contributed by atoms with Gasteiger partial charge in [0.25, 0.3) is 5.91 Å². The zero-order valence-corrected chi connectivity index (χ0v) is 19.4. The van der Waals surface area contributed by atoms with Crippen LogP contribution in [-0.4, -0.2) is 36.6 Å². The summed E-state index contributed by atoms with van der Waals surface area (Å²) in [6.45, 7) is 0.543. The van der Waals surface area contributed by atoms with E-state index in [0.717, 1.165) is 6.54 Å². The van der Waals surface area contributed by atoms with Crippen LogP contribution in [0.2, 0.25) is 0 Å². The molecule has 3 N–H and O–H groups in total. The van der Waals surface area contributed by atoms with Gasteiger partial charge in [-0.25, -0.2) is 0 Å². The number of carbonyl (C=O) groups is 3. The molecule has 0 spiro atoms. The van der Waals surface area contributed by atoms with Crippen molar-refractivity contribution in [2.75, 3.05) is 24.2 Å². The monoisotopic (exact) mass is 463 g/mol. The van der Waals surface area contributed by atoms with Crippen molar-refractivity contribution in [3.05, 3.63) is 59.7 Å². The highest BCUT2D eigenvalue weighted by molar-refractivity contribution is 8.00. The zero-order chi connectivity index (χ0) is 23.5. The van der Waals surface area contributed by atoms with Gasteiger partial charge in [0, 0.05) is 22.7 Å². The Kier molecular flexibility index (Phi) is 9.40. The molecule has 1 saturated carbocycles. The summed E-state index contributed by atoms with van der Waals surface area (Å²) in [5.41, 5.74) is 1.66. The van der Waals surface area contributed by atoms with Gasteiger partial charge in [-0.15, -0.1) is 18.2 Å². The maximum absolute atomic E-state index is 12.7. The highest BCUT2D eigenvalue weighted by atomic mass is 32.2. The molecule has 0 saturated heterocycles. The number of terminal acetylenes is 1. The summed E-state index contributed by atoms with van der Waals surface area (Å²) < 4.78 is 0. The van der Waals surface area contributed by atoms with Gasteiger partial charge in [0.15, 0.2) is 0 Å². The lowest BCUT2D eigenvalue weighted by Crippen LogP contribution is -2.33. The number of hydrogen-bond acceptors (Lipinski definition) is 4. The van der Waals surface area contributed by atoms with E-state index < -0.39 is 0 Å². The first-order chi connectivity index (χ1) is 16.0. The third kappa shape index (κ3) is 7.99. The first-order valence-electron chi connectivity index (χ1n) is 11.2. The molecule has 0 heterocycles. The molecule has 1 aliphatic carbocycles. The minimum Gasteiger partial charge on any atom is -0.355 e. The summed E-state index contributed by atoms with van der Waals surface area (Å²) in [5, 5.41) is 8.37. The maximum atomic E-state index is 12.7. The molecule has 3 rings (SSSR count). The largest absolute Gasteiger partial charge is 0.355 e. The molecule has 0 bridgehead atoms. The van der Waals surface area contributed by atoms with Gasteiger partial charge >= 0.3 is 0 Å². The molecule has 3 amide bonds. The van der Waals surface area contributed by atoms with E-state index in [1.54, 1.807) is 42.5 Å². The van der Waals surface area contributed by atoms with E-state index in [-0.39, 0.29) is 30.0 Å². The Bertz CT molecular complexity index is 1030. The van der Waals surface area contributed by atoms with Gasteiger partial charge in [-0.2, -0.15) is 0 Å². The van der Waals surface area contributed by atoms with E-state index in [2.05, 4.69) is 21.9 Å². The Hall–Kier alpha value is -3.24. The molecule has 0 atom stereocenters. The number of hydrogen-bond donors (Lipinski definition) is 3. The van der Waals surface area contributed by atoms with Gasteiger partial charge in [0.2, 0.25) is 11.8 Å². The molecule has 33 heavy (non-hydrogen) atoms. The van der Waals surface area contributed by atoms with Crippen LogP contribution in [0.4, 0.5) is 5.69 Å². The van der Waals surface area contributed by atoms with Gasteiger partial charge in [-0.05, 0) is 49.1 Å². The molecular formula is C26H29N3O3S. The van der Waals surface area contributed by atoms with Crippen molar-refractivity contribution < 1.29 is 14.4 Å². The van der Waals surface area contributed by atoms with E-state index in [0.29, 0.717) is 27.6 Å². The summed E-state index contributed by atoms with van der Waals surface area (Å²) in [6.07, 6.45) is 11.5. The summed E-state index contributed by atoms with van der Waals surface area (Å²) >= 11 is 1.32. The van der Waals surface area contributed by atoms with Crippen molar-refractivity contribution in [1.29, 1.82) is 0 Å². The maximum Gasteiger partial charge on any atom is 0.252 e. The minimum atomic E-state index is -0.367. The molecule has 1 aliphatic rings. The van der Waals surface area contributed by atoms with Gasteiger partial charge in [-0.1, -0.05) is 43.4 Å². The number of rotatable bonds is 9. The standard InChI is InChI=1S/C26H29N3O3S/c1-2-19-11-8-12-21(15-19)29-24(30)17-28-26(32)22-13-6-7-14-23(22)33-18-25(31)27-16-20-9-4-3-5-10-20/h1,6-8,11-15,20H,3-5,9-10,16-18H2,(H,27,31)(H,28,32)(H,29,30). The summed E-state index contributed by atoms with van der Waals surface area (Å²) in [4.78, 5) is 37.9. The quantitative estimate of drug-likeness (QED) is 0.390. The molecule has 7 heteroatoms. The summed E-state index contributed by atoms with van der Waals surface area (Å²) in [6, 6.07) is 14.0. The first-order valence-corrected chi connectivity index (χ1v) is 12.2. The first kappa shape index (κ1) is 24.4. The topological polar surface area (TPSA) is 87.3 Å². The molecule has 172 valence electrons. The molecule has 0 aliphatic heterocycles. The Balaban J connectivity index is 1.47.